The van der Waals surface area contributed by atoms with Crippen LogP contribution in [0.25, 0.3) is 16.0 Å². The van der Waals surface area contributed by atoms with Crippen molar-refractivity contribution in [3.05, 3.63) is 93.6 Å². The van der Waals surface area contributed by atoms with E-state index in [4.69, 9.17) is 9.72 Å². The van der Waals surface area contributed by atoms with Gasteiger partial charge in [-0.2, -0.15) is 0 Å². The Morgan fingerprint density at radius 3 is 2.44 bits per heavy atom. The summed E-state index contributed by atoms with van der Waals surface area (Å²) in [6.07, 6.45) is 1.99. The number of thiazole rings is 1. The van der Waals surface area contributed by atoms with Gasteiger partial charge in [0.05, 0.1) is 28.4 Å². The summed E-state index contributed by atoms with van der Waals surface area (Å²) in [6.45, 7) is 10.5. The van der Waals surface area contributed by atoms with Crippen LogP contribution in [0, 0.1) is 27.7 Å². The highest BCUT2D eigenvalue weighted by Crippen LogP contribution is 2.45. The minimum Gasteiger partial charge on any atom is -0.507 e. The lowest BCUT2D eigenvalue weighted by molar-refractivity contribution is -0.132. The molecule has 1 fully saturated rings. The molecule has 1 aliphatic rings. The number of amides is 1. The number of rotatable bonds is 7. The van der Waals surface area contributed by atoms with Gasteiger partial charge in [-0.3, -0.25) is 14.5 Å². The van der Waals surface area contributed by atoms with Gasteiger partial charge >= 0.3 is 5.91 Å². The lowest BCUT2D eigenvalue weighted by atomic mass is 9.93. The van der Waals surface area contributed by atoms with E-state index in [1.54, 1.807) is 0 Å². The Labute approximate surface area is 232 Å². The number of hydrogen-bond acceptors (Lipinski definition) is 6. The molecule has 1 atom stereocenters. The first-order valence-corrected chi connectivity index (χ1v) is 14.0. The van der Waals surface area contributed by atoms with Gasteiger partial charge < -0.3 is 9.84 Å². The molecule has 0 spiro atoms. The van der Waals surface area contributed by atoms with Crippen molar-refractivity contribution in [1.82, 2.24) is 4.98 Å². The van der Waals surface area contributed by atoms with E-state index in [0.717, 1.165) is 45.3 Å². The van der Waals surface area contributed by atoms with Crippen LogP contribution in [0.15, 0.2) is 60.2 Å². The molecule has 0 aliphatic carbocycles. The number of carbonyl (C=O) groups excluding carboxylic acids is 2. The summed E-state index contributed by atoms with van der Waals surface area (Å²) < 4.78 is 6.78. The second kappa shape index (κ2) is 10.7. The van der Waals surface area contributed by atoms with Gasteiger partial charge in [0.15, 0.2) is 5.13 Å². The zero-order valence-corrected chi connectivity index (χ0v) is 23.7. The number of unbranched alkanes of at least 4 members (excludes halogenated alkanes) is 1. The van der Waals surface area contributed by atoms with Crippen LogP contribution in [0.1, 0.15) is 59.2 Å². The molecule has 1 saturated heterocycles. The average molecular weight is 541 g/mol. The fourth-order valence-corrected chi connectivity index (χ4v) is 6.19. The molecule has 7 heteroatoms. The summed E-state index contributed by atoms with van der Waals surface area (Å²) in [5, 5.41) is 12.0. The van der Waals surface area contributed by atoms with Crippen molar-refractivity contribution in [2.24, 2.45) is 0 Å². The Morgan fingerprint density at radius 2 is 1.72 bits per heavy atom. The van der Waals surface area contributed by atoms with E-state index in [1.807, 2.05) is 76.2 Å². The minimum atomic E-state index is -0.837. The number of ether oxygens (including phenoxy) is 1. The number of carbonyl (C=O) groups is 2. The van der Waals surface area contributed by atoms with Crippen LogP contribution in [0.5, 0.6) is 5.75 Å². The SMILES string of the molecule is CCCCOc1ccc(C2C(=C(O)c3cc(C)ccc3C)C(=O)C(=O)N2c2nc3c(C)cc(C)cc3s2)cc1. The summed E-state index contributed by atoms with van der Waals surface area (Å²) in [4.78, 5) is 33.5. The monoisotopic (exact) mass is 540 g/mol. The first-order chi connectivity index (χ1) is 18.7. The van der Waals surface area contributed by atoms with Crippen LogP contribution in [0.3, 0.4) is 0 Å². The molecule has 0 saturated carbocycles. The van der Waals surface area contributed by atoms with Crippen molar-refractivity contribution in [2.45, 2.75) is 53.5 Å². The number of hydrogen-bond donors (Lipinski definition) is 1. The van der Waals surface area contributed by atoms with Gasteiger partial charge in [-0.1, -0.05) is 60.6 Å². The van der Waals surface area contributed by atoms with Crippen molar-refractivity contribution >= 4 is 44.1 Å². The Balaban J connectivity index is 1.68. The van der Waals surface area contributed by atoms with Crippen molar-refractivity contribution in [3.63, 3.8) is 0 Å². The van der Waals surface area contributed by atoms with Gasteiger partial charge in [0.25, 0.3) is 5.78 Å². The van der Waals surface area contributed by atoms with Gasteiger partial charge in [0, 0.05) is 5.56 Å². The van der Waals surface area contributed by atoms with Crippen LogP contribution < -0.4 is 9.64 Å². The molecule has 1 amide bonds. The second-order valence-corrected chi connectivity index (χ2v) is 11.2. The standard InChI is InChI=1S/C32H32N2O4S/c1-6-7-14-38-23-12-10-22(11-13-23)28-26(29(35)24-16-18(2)8-9-20(24)4)30(36)31(37)34(28)32-33-27-21(5)15-19(3)17-25(27)39-32/h8-13,15-17,28,35H,6-7,14H2,1-5H3. The maximum Gasteiger partial charge on any atom is 0.301 e. The zero-order valence-electron chi connectivity index (χ0n) is 22.9. The number of aromatic nitrogens is 1. The van der Waals surface area contributed by atoms with E-state index in [2.05, 4.69) is 13.0 Å². The molecule has 0 radical (unpaired) electrons. The Bertz CT molecular complexity index is 1620. The number of anilines is 1. The Morgan fingerprint density at radius 1 is 0.974 bits per heavy atom. The number of aliphatic hydroxyl groups is 1. The number of aliphatic hydroxyl groups excluding tert-OH is 1. The van der Waals surface area contributed by atoms with E-state index in [0.29, 0.717) is 28.6 Å². The maximum atomic E-state index is 13.6. The highest BCUT2D eigenvalue weighted by molar-refractivity contribution is 7.22. The fraction of sp³-hybridized carbons (Fsp3) is 0.281. The predicted octanol–water partition coefficient (Wildman–Crippen LogP) is 7.34. The summed E-state index contributed by atoms with van der Waals surface area (Å²) in [5.74, 6) is -0.902. The van der Waals surface area contributed by atoms with Crippen molar-refractivity contribution < 1.29 is 19.4 Å². The topological polar surface area (TPSA) is 79.7 Å². The van der Waals surface area contributed by atoms with Crippen LogP contribution in [0.4, 0.5) is 5.13 Å². The number of nitrogens with zero attached hydrogens (tertiary/aromatic N) is 2. The molecule has 6 nitrogen and oxygen atoms in total. The summed E-state index contributed by atoms with van der Waals surface area (Å²) in [7, 11) is 0. The third kappa shape index (κ3) is 4.94. The highest BCUT2D eigenvalue weighted by atomic mass is 32.1. The van der Waals surface area contributed by atoms with Gasteiger partial charge in [-0.15, -0.1) is 0 Å². The fourth-order valence-electron chi connectivity index (χ4n) is 5.02. The molecule has 0 bridgehead atoms. The smallest absolute Gasteiger partial charge is 0.301 e. The van der Waals surface area contributed by atoms with Crippen molar-refractivity contribution in [3.8, 4) is 5.75 Å². The number of benzene rings is 3. The molecule has 1 N–H and O–H groups in total. The largest absolute Gasteiger partial charge is 0.507 e. The number of ketones is 1. The highest BCUT2D eigenvalue weighted by Gasteiger charge is 2.48. The maximum absolute atomic E-state index is 13.6. The lowest BCUT2D eigenvalue weighted by Gasteiger charge is -2.23. The third-order valence-corrected chi connectivity index (χ3v) is 8.08. The van der Waals surface area contributed by atoms with E-state index < -0.39 is 17.7 Å². The van der Waals surface area contributed by atoms with Crippen molar-refractivity contribution in [1.29, 1.82) is 0 Å². The summed E-state index contributed by atoms with van der Waals surface area (Å²) in [6, 6.07) is 16.3. The molecule has 4 aromatic rings. The predicted molar refractivity (Wildman–Crippen MR) is 157 cm³/mol. The quantitative estimate of drug-likeness (QED) is 0.115. The van der Waals surface area contributed by atoms with Crippen LogP contribution >= 0.6 is 11.3 Å². The molecule has 1 aromatic heterocycles. The normalized spacial score (nSPS) is 16.8. The van der Waals surface area contributed by atoms with Gasteiger partial charge in [-0.05, 0) is 80.6 Å². The first kappa shape index (κ1) is 26.6. The molecule has 1 unspecified atom stereocenters. The van der Waals surface area contributed by atoms with Crippen LogP contribution in [0.2, 0.25) is 0 Å². The van der Waals surface area contributed by atoms with E-state index in [-0.39, 0.29) is 11.3 Å². The molecule has 5 rings (SSSR count). The zero-order chi connectivity index (χ0) is 27.8. The minimum absolute atomic E-state index is 0.0560. The van der Waals surface area contributed by atoms with Crippen LogP contribution in [-0.4, -0.2) is 28.4 Å². The van der Waals surface area contributed by atoms with Crippen molar-refractivity contribution in [2.75, 3.05) is 11.5 Å². The molecule has 2 heterocycles. The van der Waals surface area contributed by atoms with Gasteiger partial charge in [0.1, 0.15) is 11.5 Å². The van der Waals surface area contributed by atoms with E-state index >= 15 is 0 Å². The molecule has 1 aliphatic heterocycles. The number of Topliss-reactive ketones (excluding diaryl/α,β-unsaturated/α-hetero) is 1. The van der Waals surface area contributed by atoms with Gasteiger partial charge in [-0.25, -0.2) is 4.98 Å². The summed E-state index contributed by atoms with van der Waals surface area (Å²) in [5.41, 5.74) is 5.94. The third-order valence-electron chi connectivity index (χ3n) is 7.08. The Kier molecular flexibility index (Phi) is 7.28. The van der Waals surface area contributed by atoms with E-state index in [1.165, 1.54) is 16.2 Å². The average Bonchev–Trinajstić information content (AvgIpc) is 3.44. The summed E-state index contributed by atoms with van der Waals surface area (Å²) >= 11 is 1.37. The molecule has 200 valence electrons. The molecular weight excluding hydrogens is 508 g/mol. The first-order valence-electron chi connectivity index (χ1n) is 13.2. The molecular formula is C32H32N2O4S. The molecule has 39 heavy (non-hydrogen) atoms. The lowest BCUT2D eigenvalue weighted by Crippen LogP contribution is -2.29. The molecule has 3 aromatic carbocycles. The van der Waals surface area contributed by atoms with Crippen LogP contribution in [-0.2, 0) is 9.59 Å². The Hall–Kier alpha value is -3.97. The second-order valence-electron chi connectivity index (χ2n) is 10.2. The number of fused-ring (bicyclic) bond motifs is 1. The number of aryl methyl sites for hydroxylation is 4. The van der Waals surface area contributed by atoms with Gasteiger partial charge in [0.2, 0.25) is 0 Å². The van der Waals surface area contributed by atoms with E-state index in [9.17, 15) is 14.7 Å².